The average molecular weight is 294 g/mol. The van der Waals surface area contributed by atoms with E-state index >= 15 is 0 Å². The van der Waals surface area contributed by atoms with Crippen molar-refractivity contribution in [2.24, 2.45) is 0 Å². The van der Waals surface area contributed by atoms with Crippen LogP contribution in [0.5, 0.6) is 0 Å². The van der Waals surface area contributed by atoms with Gasteiger partial charge in [0.1, 0.15) is 18.0 Å². The number of carbonyl (C=O) groups is 1. The van der Waals surface area contributed by atoms with Crippen molar-refractivity contribution in [3.8, 4) is 0 Å². The molecule has 5 heteroatoms. The molecule has 1 saturated heterocycles. The molecule has 1 aliphatic heterocycles. The second-order valence-corrected chi connectivity index (χ2v) is 6.47. The molecule has 1 atom stereocenters. The predicted molar refractivity (Wildman–Crippen MR) is 82.0 cm³/mol. The summed E-state index contributed by atoms with van der Waals surface area (Å²) in [6, 6.07) is 0.141. The van der Waals surface area contributed by atoms with E-state index in [4.69, 9.17) is 9.47 Å². The summed E-state index contributed by atoms with van der Waals surface area (Å²) in [5, 5.41) is 3.38. The number of hydrogen-bond donors (Lipinski definition) is 1. The molecule has 0 aromatic rings. The number of carbonyl (C=O) groups excluding carboxylic acids is 1. The smallest absolute Gasteiger partial charge is 0.410 e. The number of amides is 1. The third kappa shape index (κ3) is 5.42. The quantitative estimate of drug-likeness (QED) is 0.868. The zero-order valence-electron chi connectivity index (χ0n) is 13.2. The van der Waals surface area contributed by atoms with Gasteiger partial charge in [0.2, 0.25) is 0 Å². The minimum absolute atomic E-state index is 0.141. The van der Waals surface area contributed by atoms with Crippen molar-refractivity contribution in [3.63, 3.8) is 0 Å². The van der Waals surface area contributed by atoms with Gasteiger partial charge in [-0.15, -0.1) is 0 Å². The first-order chi connectivity index (χ1) is 9.94. The fraction of sp³-hybridized carbons (Fsp3) is 0.688. The van der Waals surface area contributed by atoms with Crippen LogP contribution >= 0.6 is 0 Å². The standard InChI is InChI=1S/C16H26N2O3/c1-16(2,3)21-15(19)18-10-9-17-13(11-18)12-20-14-7-5-4-6-8-14/h5,7-8,13,17H,4,6,9-12H2,1-3H3. The number of nitrogens with one attached hydrogen (secondary N) is 1. The molecule has 1 heterocycles. The van der Waals surface area contributed by atoms with Gasteiger partial charge < -0.3 is 19.7 Å². The van der Waals surface area contributed by atoms with Crippen LogP contribution in [0.4, 0.5) is 4.79 Å². The molecule has 2 rings (SSSR count). The van der Waals surface area contributed by atoms with Gasteiger partial charge in [0, 0.05) is 19.6 Å². The number of hydrogen-bond acceptors (Lipinski definition) is 4. The highest BCUT2D eigenvalue weighted by Gasteiger charge is 2.27. The summed E-state index contributed by atoms with van der Waals surface area (Å²) in [7, 11) is 0. The lowest BCUT2D eigenvalue weighted by molar-refractivity contribution is 0.0165. The van der Waals surface area contributed by atoms with Crippen molar-refractivity contribution in [3.05, 3.63) is 24.0 Å². The Bertz CT molecular complexity index is 424. The molecular weight excluding hydrogens is 268 g/mol. The van der Waals surface area contributed by atoms with Crippen LogP contribution in [-0.2, 0) is 9.47 Å². The predicted octanol–water partition coefficient (Wildman–Crippen LogP) is 2.45. The lowest BCUT2D eigenvalue weighted by Gasteiger charge is -2.34. The van der Waals surface area contributed by atoms with E-state index in [-0.39, 0.29) is 12.1 Å². The summed E-state index contributed by atoms with van der Waals surface area (Å²) in [6.45, 7) is 8.28. The fourth-order valence-corrected chi connectivity index (χ4v) is 2.32. The van der Waals surface area contributed by atoms with Crippen LogP contribution in [0.15, 0.2) is 24.0 Å². The van der Waals surface area contributed by atoms with Gasteiger partial charge >= 0.3 is 6.09 Å². The van der Waals surface area contributed by atoms with E-state index in [1.807, 2.05) is 26.8 Å². The van der Waals surface area contributed by atoms with Gasteiger partial charge in [-0.3, -0.25) is 0 Å². The lowest BCUT2D eigenvalue weighted by atomic mass is 10.2. The van der Waals surface area contributed by atoms with Gasteiger partial charge in [0.05, 0.1) is 6.04 Å². The van der Waals surface area contributed by atoms with Crippen LogP contribution < -0.4 is 5.32 Å². The number of ether oxygens (including phenoxy) is 2. The van der Waals surface area contributed by atoms with E-state index < -0.39 is 5.60 Å². The summed E-state index contributed by atoms with van der Waals surface area (Å²) < 4.78 is 11.2. The van der Waals surface area contributed by atoms with Crippen molar-refractivity contribution < 1.29 is 14.3 Å². The molecule has 0 spiro atoms. The van der Waals surface area contributed by atoms with Gasteiger partial charge in [0.25, 0.3) is 0 Å². The Morgan fingerprint density at radius 3 is 2.90 bits per heavy atom. The normalized spacial score (nSPS) is 22.7. The van der Waals surface area contributed by atoms with Gasteiger partial charge in [-0.1, -0.05) is 6.08 Å². The van der Waals surface area contributed by atoms with E-state index in [1.165, 1.54) is 0 Å². The highest BCUT2D eigenvalue weighted by atomic mass is 16.6. The van der Waals surface area contributed by atoms with Gasteiger partial charge in [-0.25, -0.2) is 4.79 Å². The molecule has 21 heavy (non-hydrogen) atoms. The van der Waals surface area contributed by atoms with E-state index in [0.29, 0.717) is 19.7 Å². The zero-order chi connectivity index (χ0) is 15.3. The van der Waals surface area contributed by atoms with Crippen LogP contribution in [0.25, 0.3) is 0 Å². The Balaban J connectivity index is 1.79. The molecule has 2 aliphatic rings. The average Bonchev–Trinajstić information content (AvgIpc) is 2.45. The molecule has 0 aromatic carbocycles. The lowest BCUT2D eigenvalue weighted by Crippen LogP contribution is -2.55. The SMILES string of the molecule is CC(C)(C)OC(=O)N1CCNC(COC2=CCCC=C2)C1. The molecular formula is C16H26N2O3. The number of nitrogens with zero attached hydrogens (tertiary/aromatic N) is 1. The van der Waals surface area contributed by atoms with Gasteiger partial charge in [-0.05, 0) is 45.8 Å². The molecule has 0 aromatic heterocycles. The molecule has 1 aliphatic carbocycles. The van der Waals surface area contributed by atoms with E-state index in [0.717, 1.165) is 25.1 Å². The van der Waals surface area contributed by atoms with Crippen molar-refractivity contribution in [2.45, 2.75) is 45.3 Å². The van der Waals surface area contributed by atoms with Crippen LogP contribution in [0.3, 0.4) is 0 Å². The molecule has 1 N–H and O–H groups in total. The minimum atomic E-state index is -0.453. The van der Waals surface area contributed by atoms with E-state index in [2.05, 4.69) is 17.5 Å². The van der Waals surface area contributed by atoms with Crippen LogP contribution in [0, 0.1) is 0 Å². The Hall–Kier alpha value is -1.49. The molecule has 1 fully saturated rings. The first-order valence-corrected chi connectivity index (χ1v) is 7.65. The maximum absolute atomic E-state index is 12.1. The largest absolute Gasteiger partial charge is 0.492 e. The molecule has 118 valence electrons. The number of rotatable bonds is 3. The summed E-state index contributed by atoms with van der Waals surface area (Å²) >= 11 is 0. The summed E-state index contributed by atoms with van der Waals surface area (Å²) in [5.41, 5.74) is -0.453. The van der Waals surface area contributed by atoms with Crippen LogP contribution in [0.2, 0.25) is 0 Å². The Labute approximate surface area is 127 Å². The summed E-state index contributed by atoms with van der Waals surface area (Å²) in [4.78, 5) is 13.8. The number of piperazine rings is 1. The topological polar surface area (TPSA) is 50.8 Å². The van der Waals surface area contributed by atoms with Crippen molar-refractivity contribution in [1.82, 2.24) is 10.2 Å². The maximum Gasteiger partial charge on any atom is 0.410 e. The highest BCUT2D eigenvalue weighted by Crippen LogP contribution is 2.14. The minimum Gasteiger partial charge on any atom is -0.492 e. The van der Waals surface area contributed by atoms with Gasteiger partial charge in [-0.2, -0.15) is 0 Å². The molecule has 0 saturated carbocycles. The molecule has 1 amide bonds. The van der Waals surface area contributed by atoms with Crippen molar-refractivity contribution >= 4 is 6.09 Å². The first kappa shape index (κ1) is 15.9. The third-order valence-electron chi connectivity index (χ3n) is 3.32. The van der Waals surface area contributed by atoms with Gasteiger partial charge in [0.15, 0.2) is 0 Å². The fourth-order valence-electron chi connectivity index (χ4n) is 2.32. The first-order valence-electron chi connectivity index (χ1n) is 7.65. The summed E-state index contributed by atoms with van der Waals surface area (Å²) in [6.07, 6.45) is 8.11. The number of allylic oxidation sites excluding steroid dienone is 3. The monoisotopic (exact) mass is 294 g/mol. The highest BCUT2D eigenvalue weighted by molar-refractivity contribution is 5.68. The zero-order valence-corrected chi connectivity index (χ0v) is 13.2. The molecule has 0 bridgehead atoms. The second kappa shape index (κ2) is 6.98. The van der Waals surface area contributed by atoms with Crippen LogP contribution in [0.1, 0.15) is 33.6 Å². The second-order valence-electron chi connectivity index (χ2n) is 6.47. The summed E-state index contributed by atoms with van der Waals surface area (Å²) in [5.74, 6) is 0.928. The Morgan fingerprint density at radius 2 is 2.24 bits per heavy atom. The Morgan fingerprint density at radius 1 is 1.43 bits per heavy atom. The van der Waals surface area contributed by atoms with E-state index in [1.54, 1.807) is 4.90 Å². The maximum atomic E-state index is 12.1. The van der Waals surface area contributed by atoms with Crippen molar-refractivity contribution in [1.29, 1.82) is 0 Å². The molecule has 1 unspecified atom stereocenters. The molecule has 5 nitrogen and oxygen atoms in total. The Kier molecular flexibility index (Phi) is 5.28. The van der Waals surface area contributed by atoms with E-state index in [9.17, 15) is 4.79 Å². The van der Waals surface area contributed by atoms with Crippen LogP contribution in [-0.4, -0.2) is 48.9 Å². The molecule has 0 radical (unpaired) electrons. The third-order valence-corrected chi connectivity index (χ3v) is 3.32. The van der Waals surface area contributed by atoms with Crippen molar-refractivity contribution in [2.75, 3.05) is 26.2 Å².